The molecule has 0 aliphatic carbocycles. The molecule has 6 nitrogen and oxygen atoms in total. The van der Waals surface area contributed by atoms with E-state index in [1.165, 1.54) is 0 Å². The number of hydrogen-bond donors (Lipinski definition) is 1. The number of hydrogen-bond acceptors (Lipinski definition) is 5. The quantitative estimate of drug-likeness (QED) is 0.721. The lowest BCUT2D eigenvalue weighted by atomic mass is 10.3. The zero-order valence-electron chi connectivity index (χ0n) is 13.2. The Labute approximate surface area is 139 Å². The lowest BCUT2D eigenvalue weighted by Gasteiger charge is -2.10. The number of nitrogens with one attached hydrogen (secondary N) is 1. The lowest BCUT2D eigenvalue weighted by Crippen LogP contribution is -2.28. The molecule has 0 saturated heterocycles. The summed E-state index contributed by atoms with van der Waals surface area (Å²) in [4.78, 5) is 11.9. The molecular formula is C18H17NO5. The molecule has 0 aliphatic heterocycles. The molecule has 1 N–H and O–H groups in total. The van der Waals surface area contributed by atoms with Gasteiger partial charge in [0.05, 0.1) is 25.5 Å². The highest BCUT2D eigenvalue weighted by Gasteiger charge is 2.09. The first-order chi connectivity index (χ1) is 11.8. The third-order valence-corrected chi connectivity index (χ3v) is 3.35. The number of methoxy groups -OCH3 is 1. The van der Waals surface area contributed by atoms with Gasteiger partial charge in [0.15, 0.2) is 18.1 Å². The van der Waals surface area contributed by atoms with Crippen LogP contribution in [0.4, 0.5) is 0 Å². The number of benzene rings is 1. The fourth-order valence-electron chi connectivity index (χ4n) is 2.15. The van der Waals surface area contributed by atoms with Crippen molar-refractivity contribution in [3.8, 4) is 22.8 Å². The Morgan fingerprint density at radius 1 is 1.12 bits per heavy atom. The standard InChI is InChI=1S/C18H17NO5/c1-21-16-4-2-3-5-17(16)23-12-18(20)19-10-14-6-7-15(24-14)13-8-9-22-11-13/h2-9,11H,10,12H2,1H3,(H,19,20). The summed E-state index contributed by atoms with van der Waals surface area (Å²) in [6.07, 6.45) is 3.18. The molecule has 0 fully saturated rings. The Hall–Kier alpha value is -3.15. The largest absolute Gasteiger partial charge is 0.493 e. The second-order valence-electron chi connectivity index (χ2n) is 4.99. The van der Waals surface area contributed by atoms with Crippen LogP contribution >= 0.6 is 0 Å². The fourth-order valence-corrected chi connectivity index (χ4v) is 2.15. The number of amides is 1. The Kier molecular flexibility index (Phi) is 4.86. The number of para-hydroxylation sites is 2. The highest BCUT2D eigenvalue weighted by atomic mass is 16.5. The van der Waals surface area contributed by atoms with Gasteiger partial charge in [-0.15, -0.1) is 0 Å². The molecule has 0 atom stereocenters. The molecule has 0 radical (unpaired) electrons. The normalized spacial score (nSPS) is 10.4. The smallest absolute Gasteiger partial charge is 0.258 e. The average Bonchev–Trinajstić information content (AvgIpc) is 3.29. The van der Waals surface area contributed by atoms with Crippen molar-refractivity contribution in [2.24, 2.45) is 0 Å². The van der Waals surface area contributed by atoms with Gasteiger partial charge >= 0.3 is 0 Å². The topological polar surface area (TPSA) is 73.8 Å². The Bertz CT molecular complexity index is 791. The fraction of sp³-hybridized carbons (Fsp3) is 0.167. The first kappa shape index (κ1) is 15.7. The van der Waals surface area contributed by atoms with Crippen molar-refractivity contribution in [1.82, 2.24) is 5.32 Å². The molecule has 6 heteroatoms. The number of furan rings is 2. The molecule has 24 heavy (non-hydrogen) atoms. The Morgan fingerprint density at radius 3 is 2.71 bits per heavy atom. The van der Waals surface area contributed by atoms with Crippen LogP contribution < -0.4 is 14.8 Å². The molecule has 1 aromatic carbocycles. The minimum atomic E-state index is -0.248. The summed E-state index contributed by atoms with van der Waals surface area (Å²) in [5.74, 6) is 2.20. The van der Waals surface area contributed by atoms with Gasteiger partial charge in [0, 0.05) is 0 Å². The monoisotopic (exact) mass is 327 g/mol. The number of carbonyl (C=O) groups is 1. The van der Waals surface area contributed by atoms with E-state index in [9.17, 15) is 4.79 Å². The van der Waals surface area contributed by atoms with Crippen LogP contribution in [0, 0.1) is 0 Å². The molecule has 3 aromatic rings. The number of ether oxygens (including phenoxy) is 2. The zero-order chi connectivity index (χ0) is 16.8. The molecule has 0 unspecified atom stereocenters. The van der Waals surface area contributed by atoms with E-state index in [0.29, 0.717) is 23.0 Å². The van der Waals surface area contributed by atoms with Gasteiger partial charge in [0.2, 0.25) is 0 Å². The van der Waals surface area contributed by atoms with Gasteiger partial charge in [-0.05, 0) is 30.3 Å². The molecule has 0 spiro atoms. The van der Waals surface area contributed by atoms with Crippen LogP contribution in [0.25, 0.3) is 11.3 Å². The third-order valence-electron chi connectivity index (χ3n) is 3.35. The zero-order valence-corrected chi connectivity index (χ0v) is 13.2. The van der Waals surface area contributed by atoms with Gasteiger partial charge in [-0.3, -0.25) is 4.79 Å². The van der Waals surface area contributed by atoms with Crippen molar-refractivity contribution >= 4 is 5.91 Å². The average molecular weight is 327 g/mol. The van der Waals surface area contributed by atoms with E-state index in [1.807, 2.05) is 30.3 Å². The van der Waals surface area contributed by atoms with Crippen molar-refractivity contribution in [2.75, 3.05) is 13.7 Å². The molecule has 0 bridgehead atoms. The highest BCUT2D eigenvalue weighted by molar-refractivity contribution is 5.77. The predicted octanol–water partition coefficient (Wildman–Crippen LogP) is 3.24. The maximum atomic E-state index is 11.9. The van der Waals surface area contributed by atoms with Crippen molar-refractivity contribution < 1.29 is 23.1 Å². The molecular weight excluding hydrogens is 310 g/mol. The van der Waals surface area contributed by atoms with E-state index in [2.05, 4.69) is 5.32 Å². The second-order valence-corrected chi connectivity index (χ2v) is 4.99. The molecule has 2 aromatic heterocycles. The van der Waals surface area contributed by atoms with Gasteiger partial charge in [-0.1, -0.05) is 12.1 Å². The maximum absolute atomic E-state index is 11.9. The minimum absolute atomic E-state index is 0.102. The lowest BCUT2D eigenvalue weighted by molar-refractivity contribution is -0.123. The maximum Gasteiger partial charge on any atom is 0.258 e. The van der Waals surface area contributed by atoms with Crippen LogP contribution in [0.5, 0.6) is 11.5 Å². The van der Waals surface area contributed by atoms with Crippen molar-refractivity contribution in [2.45, 2.75) is 6.54 Å². The summed E-state index contributed by atoms with van der Waals surface area (Å²) in [6.45, 7) is 0.182. The van der Waals surface area contributed by atoms with Crippen LogP contribution in [-0.4, -0.2) is 19.6 Å². The molecule has 1 amide bonds. The summed E-state index contributed by atoms with van der Waals surface area (Å²) in [5.41, 5.74) is 0.854. The van der Waals surface area contributed by atoms with Crippen LogP contribution in [0.15, 0.2) is 63.8 Å². The second kappa shape index (κ2) is 7.41. The first-order valence-electron chi connectivity index (χ1n) is 7.40. The molecule has 2 heterocycles. The van der Waals surface area contributed by atoms with Gasteiger partial charge in [-0.2, -0.15) is 0 Å². The predicted molar refractivity (Wildman–Crippen MR) is 86.7 cm³/mol. The van der Waals surface area contributed by atoms with Crippen molar-refractivity contribution in [3.05, 3.63) is 60.8 Å². The minimum Gasteiger partial charge on any atom is -0.493 e. The summed E-state index contributed by atoms with van der Waals surface area (Å²) >= 11 is 0. The highest BCUT2D eigenvalue weighted by Crippen LogP contribution is 2.25. The van der Waals surface area contributed by atoms with Crippen LogP contribution in [0.1, 0.15) is 5.76 Å². The van der Waals surface area contributed by atoms with Gasteiger partial charge in [0.25, 0.3) is 5.91 Å². The van der Waals surface area contributed by atoms with Gasteiger partial charge in [-0.25, -0.2) is 0 Å². The van der Waals surface area contributed by atoms with E-state index in [0.717, 1.165) is 5.56 Å². The molecule has 124 valence electrons. The van der Waals surface area contributed by atoms with E-state index in [1.54, 1.807) is 31.8 Å². The summed E-state index contributed by atoms with van der Waals surface area (Å²) in [6, 6.07) is 12.6. The van der Waals surface area contributed by atoms with E-state index < -0.39 is 0 Å². The number of carbonyl (C=O) groups excluding carboxylic acids is 1. The van der Waals surface area contributed by atoms with Crippen LogP contribution in [0.3, 0.4) is 0 Å². The van der Waals surface area contributed by atoms with E-state index in [-0.39, 0.29) is 19.1 Å². The first-order valence-corrected chi connectivity index (χ1v) is 7.40. The number of rotatable bonds is 7. The van der Waals surface area contributed by atoms with E-state index in [4.69, 9.17) is 18.3 Å². The molecule has 0 aliphatic rings. The Balaban J connectivity index is 1.49. The van der Waals surface area contributed by atoms with Gasteiger partial charge < -0.3 is 23.6 Å². The summed E-state index contributed by atoms with van der Waals surface area (Å²) in [5, 5.41) is 2.74. The van der Waals surface area contributed by atoms with E-state index >= 15 is 0 Å². The summed E-state index contributed by atoms with van der Waals surface area (Å²) in [7, 11) is 1.55. The molecule has 0 saturated carbocycles. The van der Waals surface area contributed by atoms with Crippen molar-refractivity contribution in [3.63, 3.8) is 0 Å². The third kappa shape index (κ3) is 3.78. The Morgan fingerprint density at radius 2 is 1.96 bits per heavy atom. The summed E-state index contributed by atoms with van der Waals surface area (Å²) < 4.78 is 21.3. The SMILES string of the molecule is COc1ccccc1OCC(=O)NCc1ccc(-c2ccoc2)o1. The molecule has 3 rings (SSSR count). The van der Waals surface area contributed by atoms with Crippen molar-refractivity contribution in [1.29, 1.82) is 0 Å². The van der Waals surface area contributed by atoms with Crippen LogP contribution in [0.2, 0.25) is 0 Å². The van der Waals surface area contributed by atoms with Crippen LogP contribution in [-0.2, 0) is 11.3 Å². The van der Waals surface area contributed by atoms with Gasteiger partial charge in [0.1, 0.15) is 17.8 Å².